The molecule has 0 spiro atoms. The molecule has 0 amide bonds. The molecule has 0 saturated heterocycles. The normalized spacial score (nSPS) is 14.8. The first-order valence-corrected chi connectivity index (χ1v) is 6.68. The molecule has 2 heterocycles. The van der Waals surface area contributed by atoms with Gasteiger partial charge in [0, 0.05) is 30.7 Å². The molecule has 0 atom stereocenters. The summed E-state index contributed by atoms with van der Waals surface area (Å²) in [5.74, 6) is -1.50. The SMILES string of the molecule is O=c1ccn(C2CC2)c2c(F)c(-n3ccnc3)c(F)cc12. The molecule has 106 valence electrons. The summed E-state index contributed by atoms with van der Waals surface area (Å²) in [6.07, 6.45) is 7.71. The maximum absolute atomic E-state index is 14.9. The van der Waals surface area contributed by atoms with E-state index in [1.54, 1.807) is 10.8 Å². The van der Waals surface area contributed by atoms with Crippen LogP contribution in [0.25, 0.3) is 16.6 Å². The Morgan fingerprint density at radius 1 is 1.24 bits per heavy atom. The first-order chi connectivity index (χ1) is 10.2. The second-order valence-corrected chi connectivity index (χ2v) is 5.21. The molecule has 1 aliphatic carbocycles. The van der Waals surface area contributed by atoms with Crippen LogP contribution in [-0.2, 0) is 0 Å². The van der Waals surface area contributed by atoms with Gasteiger partial charge in [0.25, 0.3) is 0 Å². The van der Waals surface area contributed by atoms with Crippen LogP contribution in [0.1, 0.15) is 18.9 Å². The predicted octanol–water partition coefficient (Wildman–Crippen LogP) is 2.80. The molecule has 0 radical (unpaired) electrons. The smallest absolute Gasteiger partial charge is 0.189 e. The van der Waals surface area contributed by atoms with Gasteiger partial charge in [-0.2, -0.15) is 0 Å². The minimum atomic E-state index is -0.774. The summed E-state index contributed by atoms with van der Waals surface area (Å²) in [6.45, 7) is 0. The molecule has 0 bridgehead atoms. The molecule has 1 saturated carbocycles. The van der Waals surface area contributed by atoms with E-state index in [0.29, 0.717) is 0 Å². The van der Waals surface area contributed by atoms with Crippen molar-refractivity contribution in [2.45, 2.75) is 18.9 Å². The zero-order valence-electron chi connectivity index (χ0n) is 11.0. The summed E-state index contributed by atoms with van der Waals surface area (Å²) in [6, 6.07) is 2.65. The standard InChI is InChI=1S/C15H11F2N3O/c16-11-7-10-12(21)3-5-20(9-1-2-9)14(10)13(17)15(11)19-6-4-18-8-19/h3-9H,1-2H2. The lowest BCUT2D eigenvalue weighted by Gasteiger charge is -2.14. The van der Waals surface area contributed by atoms with Crippen molar-refractivity contribution < 1.29 is 8.78 Å². The van der Waals surface area contributed by atoms with Gasteiger partial charge in [0.1, 0.15) is 5.69 Å². The zero-order chi connectivity index (χ0) is 14.6. The number of aromatic nitrogens is 3. The van der Waals surface area contributed by atoms with Crippen LogP contribution in [0.2, 0.25) is 0 Å². The summed E-state index contributed by atoms with van der Waals surface area (Å²) in [7, 11) is 0. The Bertz CT molecular complexity index is 895. The first kappa shape index (κ1) is 12.3. The fourth-order valence-electron chi connectivity index (χ4n) is 2.64. The summed E-state index contributed by atoms with van der Waals surface area (Å²) < 4.78 is 32.1. The van der Waals surface area contributed by atoms with E-state index in [-0.39, 0.29) is 28.1 Å². The summed E-state index contributed by atoms with van der Waals surface area (Å²) in [5, 5.41) is 0.0725. The topological polar surface area (TPSA) is 39.8 Å². The molecule has 4 nitrogen and oxygen atoms in total. The minimum Gasteiger partial charge on any atom is -0.342 e. The highest BCUT2D eigenvalue weighted by Gasteiger charge is 2.27. The van der Waals surface area contributed by atoms with E-state index in [1.807, 2.05) is 0 Å². The molecular weight excluding hydrogens is 276 g/mol. The summed E-state index contributed by atoms with van der Waals surface area (Å²) in [4.78, 5) is 15.7. The molecule has 21 heavy (non-hydrogen) atoms. The maximum Gasteiger partial charge on any atom is 0.189 e. The van der Waals surface area contributed by atoms with Crippen molar-refractivity contribution in [3.8, 4) is 5.69 Å². The van der Waals surface area contributed by atoms with E-state index < -0.39 is 11.6 Å². The molecule has 0 aliphatic heterocycles. The van der Waals surface area contributed by atoms with Gasteiger partial charge in [0.05, 0.1) is 17.2 Å². The van der Waals surface area contributed by atoms with Gasteiger partial charge in [-0.15, -0.1) is 0 Å². The number of halogens is 2. The number of benzene rings is 1. The largest absolute Gasteiger partial charge is 0.342 e. The molecule has 6 heteroatoms. The second-order valence-electron chi connectivity index (χ2n) is 5.21. The second kappa shape index (κ2) is 4.25. The van der Waals surface area contributed by atoms with E-state index in [9.17, 15) is 13.6 Å². The van der Waals surface area contributed by atoms with E-state index in [1.165, 1.54) is 29.4 Å². The van der Waals surface area contributed by atoms with Crippen LogP contribution in [0.15, 0.2) is 41.8 Å². The van der Waals surface area contributed by atoms with E-state index >= 15 is 0 Å². The first-order valence-electron chi connectivity index (χ1n) is 6.68. The molecule has 1 aliphatic rings. The number of hydrogen-bond donors (Lipinski definition) is 0. The third-order valence-electron chi connectivity index (χ3n) is 3.78. The maximum atomic E-state index is 14.9. The van der Waals surface area contributed by atoms with E-state index in [2.05, 4.69) is 4.98 Å². The van der Waals surface area contributed by atoms with Crippen molar-refractivity contribution in [2.75, 3.05) is 0 Å². The van der Waals surface area contributed by atoms with Gasteiger partial charge >= 0.3 is 0 Å². The lowest BCUT2D eigenvalue weighted by Crippen LogP contribution is -2.12. The Morgan fingerprint density at radius 3 is 2.71 bits per heavy atom. The van der Waals surface area contributed by atoms with Crippen molar-refractivity contribution in [2.24, 2.45) is 0 Å². The van der Waals surface area contributed by atoms with Crippen LogP contribution >= 0.6 is 0 Å². The number of hydrogen-bond acceptors (Lipinski definition) is 2. The summed E-state index contributed by atoms with van der Waals surface area (Å²) >= 11 is 0. The van der Waals surface area contributed by atoms with Crippen molar-refractivity contribution in [3.63, 3.8) is 0 Å². The quantitative estimate of drug-likeness (QED) is 0.727. The molecule has 4 rings (SSSR count). The Kier molecular flexibility index (Phi) is 2.48. The fourth-order valence-corrected chi connectivity index (χ4v) is 2.64. The number of nitrogens with zero attached hydrogens (tertiary/aromatic N) is 3. The monoisotopic (exact) mass is 287 g/mol. The van der Waals surface area contributed by atoms with E-state index in [0.717, 1.165) is 18.9 Å². The average molecular weight is 287 g/mol. The van der Waals surface area contributed by atoms with Gasteiger partial charge in [-0.05, 0) is 18.9 Å². The number of pyridine rings is 1. The highest BCUT2D eigenvalue weighted by molar-refractivity contribution is 5.82. The van der Waals surface area contributed by atoms with Crippen LogP contribution in [-0.4, -0.2) is 14.1 Å². The van der Waals surface area contributed by atoms with Gasteiger partial charge in [0.2, 0.25) is 0 Å². The molecule has 0 unspecified atom stereocenters. The number of rotatable bonds is 2. The molecular formula is C15H11F2N3O. The van der Waals surface area contributed by atoms with Crippen LogP contribution in [0.5, 0.6) is 0 Å². The molecule has 1 fully saturated rings. The predicted molar refractivity (Wildman–Crippen MR) is 73.5 cm³/mol. The molecule has 2 aromatic heterocycles. The van der Waals surface area contributed by atoms with E-state index in [4.69, 9.17) is 0 Å². The minimum absolute atomic E-state index is 0.0725. The van der Waals surface area contributed by atoms with Gasteiger partial charge in [-0.3, -0.25) is 4.79 Å². The lowest BCUT2D eigenvalue weighted by molar-refractivity contribution is 0.570. The molecule has 0 N–H and O–H groups in total. The Morgan fingerprint density at radius 2 is 2.05 bits per heavy atom. The molecule has 1 aromatic carbocycles. The van der Waals surface area contributed by atoms with Gasteiger partial charge in [0.15, 0.2) is 17.1 Å². The summed E-state index contributed by atoms with van der Waals surface area (Å²) in [5.41, 5.74) is -0.424. The van der Waals surface area contributed by atoms with Gasteiger partial charge in [-0.1, -0.05) is 0 Å². The fraction of sp³-hybridized carbons (Fsp3) is 0.200. The van der Waals surface area contributed by atoms with Crippen molar-refractivity contribution >= 4 is 10.9 Å². The highest BCUT2D eigenvalue weighted by Crippen LogP contribution is 2.38. The third-order valence-corrected chi connectivity index (χ3v) is 3.78. The van der Waals surface area contributed by atoms with Crippen molar-refractivity contribution in [1.29, 1.82) is 0 Å². The lowest BCUT2D eigenvalue weighted by atomic mass is 10.1. The highest BCUT2D eigenvalue weighted by atomic mass is 19.1. The van der Waals surface area contributed by atoms with Crippen molar-refractivity contribution in [3.05, 3.63) is 58.9 Å². The van der Waals surface area contributed by atoms with Gasteiger partial charge < -0.3 is 9.13 Å². The number of imidazole rings is 1. The Hall–Kier alpha value is -2.50. The van der Waals surface area contributed by atoms with Crippen LogP contribution < -0.4 is 5.43 Å². The Balaban J connectivity index is 2.14. The van der Waals surface area contributed by atoms with Crippen molar-refractivity contribution in [1.82, 2.24) is 14.1 Å². The average Bonchev–Trinajstić information content (AvgIpc) is 3.16. The van der Waals surface area contributed by atoms with Crippen LogP contribution in [0, 0.1) is 11.6 Å². The zero-order valence-corrected chi connectivity index (χ0v) is 11.0. The third kappa shape index (κ3) is 1.79. The van der Waals surface area contributed by atoms with Gasteiger partial charge in [-0.25, -0.2) is 13.8 Å². The van der Waals surface area contributed by atoms with Crippen LogP contribution in [0.4, 0.5) is 8.78 Å². The van der Waals surface area contributed by atoms with Crippen LogP contribution in [0.3, 0.4) is 0 Å². The number of fused-ring (bicyclic) bond motifs is 1. The Labute approximate surface area is 118 Å². The molecule has 3 aromatic rings.